The fraction of sp³-hybridized carbons (Fsp3) is 0. The topological polar surface area (TPSA) is 172 Å². The lowest BCUT2D eigenvalue weighted by molar-refractivity contribution is 1.29. The van der Waals surface area contributed by atoms with Crippen LogP contribution in [-0.4, -0.2) is 59.8 Å². The molecular formula is C96H62N12. The van der Waals surface area contributed by atoms with Crippen molar-refractivity contribution in [1.82, 2.24) is 59.8 Å². The molecule has 0 unspecified atom stereocenters. The van der Waals surface area contributed by atoms with Gasteiger partial charge in [0.25, 0.3) is 0 Å². The largest absolute Gasteiger partial charge is 0.355 e. The van der Waals surface area contributed by atoms with E-state index in [0.29, 0.717) is 0 Å². The van der Waals surface area contributed by atoms with Gasteiger partial charge in [0.2, 0.25) is 0 Å². The molecular weight excluding hydrogens is 1320 g/mol. The van der Waals surface area contributed by atoms with Gasteiger partial charge in [-0.25, -0.2) is 29.9 Å². The molecule has 12 heteroatoms. The maximum atomic E-state index is 5.91. The Hall–Kier alpha value is -14.9. The van der Waals surface area contributed by atoms with Gasteiger partial charge in [0, 0.05) is 122 Å². The number of fused-ring (bicyclic) bond motifs is 24. The van der Waals surface area contributed by atoms with Crippen LogP contribution >= 0.6 is 0 Å². The number of nitrogens with one attached hydrogen (secondary N) is 6. The molecule has 0 fully saturated rings. The van der Waals surface area contributed by atoms with E-state index in [9.17, 15) is 0 Å². The van der Waals surface area contributed by atoms with Crippen molar-refractivity contribution < 1.29 is 0 Å². The minimum absolute atomic E-state index is 0.729. The highest BCUT2D eigenvalue weighted by Crippen LogP contribution is 2.45. The first-order valence-corrected chi connectivity index (χ1v) is 36.2. The summed E-state index contributed by atoms with van der Waals surface area (Å²) in [4.78, 5) is 57.8. The standard InChI is InChI=1S/C96H62N12/c1-7-19-57(20-8-1)87-67-35-31-63(97-67)55-64-32-36-68(98-64)88(58-21-9-2-10-22-58)72-40-48-80(102-72)93(79-47-39-71(87)101-79)95-83-51-43-75(105-83)91(61-27-15-5-16-28-61)77-45-53-85(107-77)96(86-54-46-78(108-86)92(62-29-17-6-18-30-62)76-44-52-84(95)106-76)94-81-49-41-73(103-81)89(59-23-11-3-12-24-59)69-37-33-65(99-69)56-66-34-38-70(100-66)90(60-25-13-4-14-26-60)74-42-50-82(94)104-74/h1-56,97,99,102,104-105,108H. The van der Waals surface area contributed by atoms with Crippen LogP contribution in [0, 0.1) is 0 Å². The second-order valence-corrected chi connectivity index (χ2v) is 27.4. The predicted molar refractivity (Wildman–Crippen MR) is 447 cm³/mol. The van der Waals surface area contributed by atoms with Crippen LogP contribution in [0.1, 0.15) is 68.3 Å². The average Bonchev–Trinajstić information content (AvgIpc) is 1.20. The minimum atomic E-state index is 0.729. The molecule has 6 aliphatic rings. The Kier molecular flexibility index (Phi) is 14.6. The Bertz CT molecular complexity index is 6500. The van der Waals surface area contributed by atoms with Crippen molar-refractivity contribution in [3.8, 4) is 89.0 Å². The van der Waals surface area contributed by atoms with Crippen LogP contribution in [0.3, 0.4) is 0 Å². The van der Waals surface area contributed by atoms with Crippen molar-refractivity contribution in [2.45, 2.75) is 0 Å². The number of aromatic amines is 6. The fourth-order valence-corrected chi connectivity index (χ4v) is 16.0. The summed E-state index contributed by atoms with van der Waals surface area (Å²) >= 11 is 0. The molecule has 9 aromatic heterocycles. The first kappa shape index (κ1) is 61.8. The second-order valence-electron chi connectivity index (χ2n) is 27.4. The third-order valence-corrected chi connectivity index (χ3v) is 20.8. The highest BCUT2D eigenvalue weighted by Gasteiger charge is 2.26. The van der Waals surface area contributed by atoms with Gasteiger partial charge in [0.05, 0.1) is 68.3 Å². The molecule has 12 nitrogen and oxygen atoms in total. The van der Waals surface area contributed by atoms with E-state index in [4.69, 9.17) is 29.9 Å². The van der Waals surface area contributed by atoms with Gasteiger partial charge in [-0.15, -0.1) is 0 Å². The van der Waals surface area contributed by atoms with E-state index in [0.717, 1.165) is 224 Å². The molecule has 6 aliphatic heterocycles. The third kappa shape index (κ3) is 10.9. The maximum Gasteiger partial charge on any atom is 0.0738 e. The van der Waals surface area contributed by atoms with Crippen LogP contribution in [-0.2, 0) is 0 Å². The Morgan fingerprint density at radius 1 is 0.148 bits per heavy atom. The van der Waals surface area contributed by atoms with E-state index in [1.54, 1.807) is 0 Å². The summed E-state index contributed by atoms with van der Waals surface area (Å²) in [7, 11) is 0. The van der Waals surface area contributed by atoms with E-state index in [1.165, 1.54) is 0 Å². The zero-order valence-corrected chi connectivity index (χ0v) is 58.0. The molecule has 0 atom stereocenters. The number of hydrogen-bond acceptors (Lipinski definition) is 6. The molecule has 0 radical (unpaired) electrons. The smallest absolute Gasteiger partial charge is 0.0738 e. The number of aromatic nitrogens is 12. The van der Waals surface area contributed by atoms with E-state index in [2.05, 4.69) is 370 Å². The van der Waals surface area contributed by atoms with Gasteiger partial charge >= 0.3 is 0 Å². The van der Waals surface area contributed by atoms with E-state index < -0.39 is 0 Å². The molecule has 0 amide bonds. The molecule has 108 heavy (non-hydrogen) atoms. The quantitative estimate of drug-likeness (QED) is 0.0884. The first-order chi connectivity index (χ1) is 53.5. The fourth-order valence-electron chi connectivity index (χ4n) is 16.0. The third-order valence-electron chi connectivity index (χ3n) is 20.8. The molecule has 6 aromatic carbocycles. The summed E-state index contributed by atoms with van der Waals surface area (Å²) in [6, 6.07) is 93.3. The molecule has 0 saturated carbocycles. The summed E-state index contributed by atoms with van der Waals surface area (Å²) < 4.78 is 0. The Balaban J connectivity index is 0.905. The molecule has 24 bridgehead atoms. The normalized spacial score (nSPS) is 12.6. The summed E-state index contributed by atoms with van der Waals surface area (Å²) in [6.45, 7) is 0. The lowest BCUT2D eigenvalue weighted by Gasteiger charge is -2.09. The molecule has 506 valence electrons. The van der Waals surface area contributed by atoms with Gasteiger partial charge < -0.3 is 29.9 Å². The van der Waals surface area contributed by atoms with E-state index in [-0.39, 0.29) is 0 Å². The molecule has 15 heterocycles. The summed E-state index contributed by atoms with van der Waals surface area (Å²) in [5.74, 6) is 0. The number of H-pyrrole nitrogens is 6. The molecule has 0 saturated heterocycles. The lowest BCUT2D eigenvalue weighted by atomic mass is 10.0. The van der Waals surface area contributed by atoms with Gasteiger partial charge in [0.15, 0.2) is 0 Å². The Morgan fingerprint density at radius 2 is 0.324 bits per heavy atom. The van der Waals surface area contributed by atoms with Crippen molar-refractivity contribution in [3.05, 3.63) is 335 Å². The summed E-state index contributed by atoms with van der Waals surface area (Å²) in [5, 5.41) is 0. The molecule has 0 spiro atoms. The molecule has 6 N–H and O–H groups in total. The van der Waals surface area contributed by atoms with Crippen molar-refractivity contribution in [3.63, 3.8) is 0 Å². The maximum absolute atomic E-state index is 5.91. The van der Waals surface area contributed by atoms with Gasteiger partial charge in [-0.3, -0.25) is 0 Å². The van der Waals surface area contributed by atoms with Crippen molar-refractivity contribution in [1.29, 1.82) is 0 Å². The monoisotopic (exact) mass is 1380 g/mol. The van der Waals surface area contributed by atoms with Crippen LogP contribution in [0.15, 0.2) is 267 Å². The molecule has 15 aromatic rings. The number of hydrogen-bond donors (Lipinski definition) is 6. The van der Waals surface area contributed by atoms with Crippen molar-refractivity contribution >= 4 is 139 Å². The zero-order valence-electron chi connectivity index (χ0n) is 58.0. The van der Waals surface area contributed by atoms with Crippen molar-refractivity contribution in [2.75, 3.05) is 0 Å². The molecule has 0 aliphatic carbocycles. The van der Waals surface area contributed by atoms with Crippen LogP contribution in [0.4, 0.5) is 0 Å². The van der Waals surface area contributed by atoms with Crippen LogP contribution in [0.2, 0.25) is 0 Å². The van der Waals surface area contributed by atoms with Gasteiger partial charge in [-0.05, 0) is 191 Å². The highest BCUT2D eigenvalue weighted by molar-refractivity contribution is 6.08. The van der Waals surface area contributed by atoms with Gasteiger partial charge in [-0.1, -0.05) is 182 Å². The van der Waals surface area contributed by atoms with Gasteiger partial charge in [-0.2, -0.15) is 0 Å². The second kappa shape index (κ2) is 25.5. The molecule has 21 rings (SSSR count). The Morgan fingerprint density at radius 3 is 0.556 bits per heavy atom. The number of benzene rings is 6. The van der Waals surface area contributed by atoms with Crippen LogP contribution < -0.4 is 0 Å². The van der Waals surface area contributed by atoms with Crippen LogP contribution in [0.5, 0.6) is 0 Å². The van der Waals surface area contributed by atoms with E-state index in [1.807, 2.05) is 0 Å². The Labute approximate surface area is 619 Å². The summed E-state index contributed by atoms with van der Waals surface area (Å²) in [5.41, 5.74) is 35.0. The van der Waals surface area contributed by atoms with Gasteiger partial charge in [0.1, 0.15) is 0 Å². The van der Waals surface area contributed by atoms with Crippen molar-refractivity contribution in [2.24, 2.45) is 0 Å². The highest BCUT2D eigenvalue weighted by atomic mass is 14.8. The average molecular weight is 1380 g/mol. The first-order valence-electron chi connectivity index (χ1n) is 36.2. The van der Waals surface area contributed by atoms with Crippen LogP contribution in [0.25, 0.3) is 228 Å². The number of nitrogens with zero attached hydrogens (tertiary/aromatic N) is 6. The zero-order chi connectivity index (χ0) is 71.2. The summed E-state index contributed by atoms with van der Waals surface area (Å²) in [6.07, 6.45) is 25.6. The predicted octanol–water partition coefficient (Wildman–Crippen LogP) is 23.9. The lowest BCUT2D eigenvalue weighted by Crippen LogP contribution is -1.93. The minimum Gasteiger partial charge on any atom is -0.355 e. The SMILES string of the molecule is C1=Cc2nc1cc1ccc([nH]1)c(-c1ccccc1)c1nc(c(-c3c4nc(c(-c5ccccc5)c5ccc([nH]5)c(-c5c6nc(c(-c7ccccc7)c7ccc(cc8nc(c(-c9ccccc9)c9ccc5[nH]9)C=C8)[nH]7)C=C6)c5nc(c(-c6ccccc6)c6ccc3[nH]6)C=C5)C=C4)c3ccc([nH]3)c2-c2ccccc2)C=C1. The number of rotatable bonds is 8. The van der Waals surface area contributed by atoms with E-state index >= 15 is 0 Å².